The second-order valence-corrected chi connectivity index (χ2v) is 9.64. The molecule has 0 heterocycles. The third-order valence-electron chi connectivity index (χ3n) is 6.08. The third kappa shape index (κ3) is 6.83. The second kappa shape index (κ2) is 11.5. The summed E-state index contributed by atoms with van der Waals surface area (Å²) in [4.78, 5) is 27.9. The summed E-state index contributed by atoms with van der Waals surface area (Å²) in [6, 6.07) is 13.3. The zero-order chi connectivity index (χ0) is 23.1. The Bertz CT molecular complexity index is 923. The van der Waals surface area contributed by atoms with E-state index in [4.69, 9.17) is 4.74 Å². The molecular formula is C26H33BrN2O3. The molecule has 1 N–H and O–H groups in total. The number of rotatable bonds is 8. The summed E-state index contributed by atoms with van der Waals surface area (Å²) in [5.74, 6) is 0.385. The van der Waals surface area contributed by atoms with Crippen molar-refractivity contribution >= 4 is 27.7 Å². The Labute approximate surface area is 199 Å². The summed E-state index contributed by atoms with van der Waals surface area (Å²) >= 11 is 3.45. The molecular weight excluding hydrogens is 468 g/mol. The number of hydrogen-bond acceptors (Lipinski definition) is 3. The minimum atomic E-state index is -0.588. The van der Waals surface area contributed by atoms with E-state index in [-0.39, 0.29) is 24.5 Å². The lowest BCUT2D eigenvalue weighted by atomic mass is 9.95. The maximum Gasteiger partial charge on any atom is 0.261 e. The van der Waals surface area contributed by atoms with Crippen molar-refractivity contribution in [1.29, 1.82) is 0 Å². The fourth-order valence-electron chi connectivity index (χ4n) is 4.02. The van der Waals surface area contributed by atoms with Crippen molar-refractivity contribution in [3.8, 4) is 5.75 Å². The smallest absolute Gasteiger partial charge is 0.261 e. The van der Waals surface area contributed by atoms with Crippen LogP contribution >= 0.6 is 15.9 Å². The van der Waals surface area contributed by atoms with Crippen LogP contribution in [-0.2, 0) is 16.1 Å². The lowest BCUT2D eigenvalue weighted by molar-refractivity contribution is -0.142. The van der Waals surface area contributed by atoms with Crippen molar-refractivity contribution in [2.24, 2.45) is 0 Å². The van der Waals surface area contributed by atoms with Crippen LogP contribution in [-0.4, -0.2) is 35.4 Å². The Balaban J connectivity index is 1.72. The molecule has 0 saturated heterocycles. The molecule has 0 bridgehead atoms. The molecule has 1 fully saturated rings. The Morgan fingerprint density at radius 2 is 1.78 bits per heavy atom. The summed E-state index contributed by atoms with van der Waals surface area (Å²) in [6.45, 7) is 5.99. The molecule has 1 aliphatic carbocycles. The predicted octanol–water partition coefficient (Wildman–Crippen LogP) is 5.31. The Morgan fingerprint density at radius 3 is 2.47 bits per heavy atom. The van der Waals surface area contributed by atoms with E-state index in [0.29, 0.717) is 12.3 Å². The van der Waals surface area contributed by atoms with Crippen molar-refractivity contribution in [3.05, 3.63) is 63.6 Å². The highest BCUT2D eigenvalue weighted by Crippen LogP contribution is 2.21. The molecule has 1 atom stereocenters. The number of aryl methyl sites for hydroxylation is 2. The fourth-order valence-corrected chi connectivity index (χ4v) is 4.29. The summed E-state index contributed by atoms with van der Waals surface area (Å²) in [7, 11) is 0. The number of benzene rings is 2. The van der Waals surface area contributed by atoms with E-state index in [1.54, 1.807) is 11.8 Å². The summed E-state index contributed by atoms with van der Waals surface area (Å²) in [5.41, 5.74) is 3.02. The van der Waals surface area contributed by atoms with Gasteiger partial charge in [0.2, 0.25) is 5.91 Å². The van der Waals surface area contributed by atoms with Crippen LogP contribution < -0.4 is 10.1 Å². The van der Waals surface area contributed by atoms with Gasteiger partial charge in [0.05, 0.1) is 0 Å². The van der Waals surface area contributed by atoms with Gasteiger partial charge in [0.1, 0.15) is 11.8 Å². The quantitative estimate of drug-likeness (QED) is 0.534. The number of nitrogens with one attached hydrogen (secondary N) is 1. The molecule has 0 radical (unpaired) electrons. The zero-order valence-electron chi connectivity index (χ0n) is 19.2. The first-order valence-electron chi connectivity index (χ1n) is 11.4. The van der Waals surface area contributed by atoms with Gasteiger partial charge in [-0.3, -0.25) is 9.59 Å². The first kappa shape index (κ1) is 24.3. The molecule has 3 rings (SSSR count). The van der Waals surface area contributed by atoms with E-state index >= 15 is 0 Å². The van der Waals surface area contributed by atoms with E-state index in [2.05, 4.69) is 21.2 Å². The van der Waals surface area contributed by atoms with E-state index in [9.17, 15) is 9.59 Å². The van der Waals surface area contributed by atoms with Crippen molar-refractivity contribution in [3.63, 3.8) is 0 Å². The maximum atomic E-state index is 13.2. The molecule has 1 aliphatic rings. The minimum Gasteiger partial charge on any atom is -0.483 e. The van der Waals surface area contributed by atoms with Crippen LogP contribution in [0.25, 0.3) is 0 Å². The number of amides is 2. The standard InChI is InChI=1S/C26H33BrN2O3/c1-18-9-10-19(2)24(15-18)32-17-25(30)29(16-21-11-13-22(27)14-12-21)20(3)26(31)28-23-7-5-4-6-8-23/h9-15,20,23H,4-8,16-17H2,1-3H3,(H,28,31)/t20-/m0/s1. The first-order valence-corrected chi connectivity index (χ1v) is 12.2. The number of carbonyl (C=O) groups excluding carboxylic acids is 2. The van der Waals surface area contributed by atoms with Crippen LogP contribution in [0.3, 0.4) is 0 Å². The maximum absolute atomic E-state index is 13.2. The highest BCUT2D eigenvalue weighted by Gasteiger charge is 2.28. The molecule has 0 spiro atoms. The molecule has 32 heavy (non-hydrogen) atoms. The SMILES string of the molecule is Cc1ccc(C)c(OCC(=O)N(Cc2ccc(Br)cc2)[C@@H](C)C(=O)NC2CCCCC2)c1. The lowest BCUT2D eigenvalue weighted by Gasteiger charge is -2.31. The van der Waals surface area contributed by atoms with Crippen molar-refractivity contribution in [2.45, 2.75) is 71.5 Å². The van der Waals surface area contributed by atoms with E-state index in [1.807, 2.05) is 56.3 Å². The molecule has 2 aromatic carbocycles. The van der Waals surface area contributed by atoms with Crippen LogP contribution in [0.15, 0.2) is 46.9 Å². The molecule has 0 aromatic heterocycles. The predicted molar refractivity (Wildman–Crippen MR) is 131 cm³/mol. The number of hydrogen-bond donors (Lipinski definition) is 1. The fraction of sp³-hybridized carbons (Fsp3) is 0.462. The Hall–Kier alpha value is -2.34. The highest BCUT2D eigenvalue weighted by atomic mass is 79.9. The Kier molecular flexibility index (Phi) is 8.74. The van der Waals surface area contributed by atoms with Gasteiger partial charge in [-0.2, -0.15) is 0 Å². The average molecular weight is 501 g/mol. The van der Waals surface area contributed by atoms with E-state index in [0.717, 1.165) is 46.8 Å². The van der Waals surface area contributed by atoms with Gasteiger partial charge in [-0.05, 0) is 68.5 Å². The molecule has 5 nitrogen and oxygen atoms in total. The lowest BCUT2D eigenvalue weighted by Crippen LogP contribution is -2.51. The molecule has 2 amide bonds. The van der Waals surface area contributed by atoms with Gasteiger partial charge in [-0.1, -0.05) is 59.5 Å². The second-order valence-electron chi connectivity index (χ2n) is 8.73. The van der Waals surface area contributed by atoms with Crippen molar-refractivity contribution in [2.75, 3.05) is 6.61 Å². The summed E-state index contributed by atoms with van der Waals surface area (Å²) < 4.78 is 6.84. The monoisotopic (exact) mass is 500 g/mol. The van der Waals surface area contributed by atoms with Gasteiger partial charge in [0, 0.05) is 17.1 Å². The van der Waals surface area contributed by atoms with Gasteiger partial charge >= 0.3 is 0 Å². The van der Waals surface area contributed by atoms with Crippen molar-refractivity contribution < 1.29 is 14.3 Å². The van der Waals surface area contributed by atoms with Crippen LogP contribution in [0.2, 0.25) is 0 Å². The molecule has 6 heteroatoms. The molecule has 2 aromatic rings. The summed E-state index contributed by atoms with van der Waals surface area (Å²) in [5, 5.41) is 3.16. The molecule has 172 valence electrons. The van der Waals surface area contributed by atoms with Crippen molar-refractivity contribution in [1.82, 2.24) is 10.2 Å². The van der Waals surface area contributed by atoms with Gasteiger partial charge in [0.15, 0.2) is 6.61 Å². The summed E-state index contributed by atoms with van der Waals surface area (Å²) in [6.07, 6.45) is 5.53. The van der Waals surface area contributed by atoms with Gasteiger partial charge in [-0.15, -0.1) is 0 Å². The topological polar surface area (TPSA) is 58.6 Å². The van der Waals surface area contributed by atoms with Crippen LogP contribution in [0, 0.1) is 13.8 Å². The van der Waals surface area contributed by atoms with Crippen LogP contribution in [0.5, 0.6) is 5.75 Å². The largest absolute Gasteiger partial charge is 0.483 e. The van der Waals surface area contributed by atoms with Gasteiger partial charge < -0.3 is 15.0 Å². The van der Waals surface area contributed by atoms with E-state index in [1.165, 1.54) is 6.42 Å². The van der Waals surface area contributed by atoms with Gasteiger partial charge in [0.25, 0.3) is 5.91 Å². The highest BCUT2D eigenvalue weighted by molar-refractivity contribution is 9.10. The number of halogens is 1. The number of ether oxygens (including phenoxy) is 1. The molecule has 1 saturated carbocycles. The van der Waals surface area contributed by atoms with Gasteiger partial charge in [-0.25, -0.2) is 0 Å². The minimum absolute atomic E-state index is 0.103. The normalized spacial score (nSPS) is 15.1. The van der Waals surface area contributed by atoms with E-state index < -0.39 is 6.04 Å². The van der Waals surface area contributed by atoms with Crippen LogP contribution in [0.4, 0.5) is 0 Å². The molecule has 0 unspecified atom stereocenters. The van der Waals surface area contributed by atoms with Crippen LogP contribution in [0.1, 0.15) is 55.7 Å². The average Bonchev–Trinajstić information content (AvgIpc) is 2.79. The Morgan fingerprint density at radius 1 is 1.09 bits per heavy atom. The number of nitrogens with zero attached hydrogens (tertiary/aromatic N) is 1. The molecule has 0 aliphatic heterocycles. The zero-order valence-corrected chi connectivity index (χ0v) is 20.8. The number of carbonyl (C=O) groups is 2. The first-order chi connectivity index (χ1) is 15.3. The third-order valence-corrected chi connectivity index (χ3v) is 6.61.